The largest absolute Gasteiger partial charge is 0.330 e. The summed E-state index contributed by atoms with van der Waals surface area (Å²) in [5.74, 6) is 0.723. The summed E-state index contributed by atoms with van der Waals surface area (Å²) >= 11 is 0. The molecule has 19 heavy (non-hydrogen) atoms. The molecule has 1 aromatic carbocycles. The average Bonchev–Trinajstić information content (AvgIpc) is 2.30. The predicted molar refractivity (Wildman–Crippen MR) is 84.1 cm³/mol. The Balaban J connectivity index is 2.38. The summed E-state index contributed by atoms with van der Waals surface area (Å²) in [5, 5.41) is 3.53. The Morgan fingerprint density at radius 3 is 2.21 bits per heavy atom. The molecule has 0 aliphatic heterocycles. The lowest BCUT2D eigenvalue weighted by Gasteiger charge is -2.24. The van der Waals surface area contributed by atoms with E-state index in [-0.39, 0.29) is 5.41 Å². The van der Waals surface area contributed by atoms with Gasteiger partial charge in [0.25, 0.3) is 0 Å². The van der Waals surface area contributed by atoms with Gasteiger partial charge in [0, 0.05) is 13.1 Å². The van der Waals surface area contributed by atoms with Gasteiger partial charge in [0.1, 0.15) is 0 Å². The van der Waals surface area contributed by atoms with Crippen molar-refractivity contribution < 1.29 is 0 Å². The van der Waals surface area contributed by atoms with E-state index in [0.29, 0.717) is 0 Å². The molecule has 1 aromatic rings. The summed E-state index contributed by atoms with van der Waals surface area (Å²) in [5.41, 5.74) is 8.70. The van der Waals surface area contributed by atoms with Crippen LogP contribution in [0.2, 0.25) is 0 Å². The molecule has 108 valence electrons. The van der Waals surface area contributed by atoms with Gasteiger partial charge in [-0.3, -0.25) is 0 Å². The number of hydrogen-bond acceptors (Lipinski definition) is 2. The van der Waals surface area contributed by atoms with Crippen molar-refractivity contribution in [1.82, 2.24) is 5.32 Å². The number of rotatable bonds is 8. The van der Waals surface area contributed by atoms with E-state index in [0.717, 1.165) is 38.4 Å². The summed E-state index contributed by atoms with van der Waals surface area (Å²) in [7, 11) is 0. The standard InChI is InChI=1S/C17H30N2/c1-14(2)11-15-5-7-16(8-6-15)12-19-13-17(3,4)9-10-18/h5-8,14,19H,9-13,18H2,1-4H3. The molecule has 0 bridgehead atoms. The second kappa shape index (κ2) is 7.66. The smallest absolute Gasteiger partial charge is 0.0205 e. The van der Waals surface area contributed by atoms with Gasteiger partial charge < -0.3 is 11.1 Å². The molecule has 0 aromatic heterocycles. The quantitative estimate of drug-likeness (QED) is 0.754. The first kappa shape index (κ1) is 16.2. The van der Waals surface area contributed by atoms with Gasteiger partial charge >= 0.3 is 0 Å². The van der Waals surface area contributed by atoms with Crippen molar-refractivity contribution in [3.05, 3.63) is 35.4 Å². The molecule has 0 radical (unpaired) electrons. The first-order valence-electron chi connectivity index (χ1n) is 7.41. The molecule has 0 spiro atoms. The Morgan fingerprint density at radius 1 is 1.11 bits per heavy atom. The Bertz CT molecular complexity index is 352. The molecule has 3 N–H and O–H groups in total. The van der Waals surface area contributed by atoms with E-state index < -0.39 is 0 Å². The van der Waals surface area contributed by atoms with Crippen LogP contribution in [0.25, 0.3) is 0 Å². The highest BCUT2D eigenvalue weighted by molar-refractivity contribution is 5.22. The van der Waals surface area contributed by atoms with Crippen molar-refractivity contribution in [3.8, 4) is 0 Å². The van der Waals surface area contributed by atoms with Crippen LogP contribution in [0.15, 0.2) is 24.3 Å². The summed E-state index contributed by atoms with van der Waals surface area (Å²) in [6.07, 6.45) is 2.23. The molecule has 0 saturated carbocycles. The van der Waals surface area contributed by atoms with Crippen molar-refractivity contribution in [2.75, 3.05) is 13.1 Å². The second-order valence-electron chi connectivity index (χ2n) is 6.72. The Hall–Kier alpha value is -0.860. The van der Waals surface area contributed by atoms with Gasteiger partial charge in [-0.1, -0.05) is 52.0 Å². The maximum atomic E-state index is 5.63. The lowest BCUT2D eigenvalue weighted by atomic mass is 9.89. The molecule has 0 amide bonds. The topological polar surface area (TPSA) is 38.0 Å². The van der Waals surface area contributed by atoms with Crippen LogP contribution in [0.4, 0.5) is 0 Å². The third kappa shape index (κ3) is 6.74. The van der Waals surface area contributed by atoms with Crippen LogP contribution >= 0.6 is 0 Å². The van der Waals surface area contributed by atoms with Crippen LogP contribution in [0.1, 0.15) is 45.2 Å². The van der Waals surface area contributed by atoms with Crippen molar-refractivity contribution in [3.63, 3.8) is 0 Å². The van der Waals surface area contributed by atoms with Crippen molar-refractivity contribution in [2.45, 2.75) is 47.1 Å². The molecule has 0 heterocycles. The fourth-order valence-electron chi connectivity index (χ4n) is 2.29. The van der Waals surface area contributed by atoms with Crippen LogP contribution in [-0.2, 0) is 13.0 Å². The van der Waals surface area contributed by atoms with Gasteiger partial charge in [-0.25, -0.2) is 0 Å². The molecular formula is C17H30N2. The minimum absolute atomic E-state index is 0.284. The Labute approximate surface area is 118 Å². The van der Waals surface area contributed by atoms with Crippen molar-refractivity contribution in [1.29, 1.82) is 0 Å². The minimum atomic E-state index is 0.284. The molecule has 0 aliphatic rings. The predicted octanol–water partition coefficient (Wildman–Crippen LogP) is 3.35. The van der Waals surface area contributed by atoms with Gasteiger partial charge in [0.2, 0.25) is 0 Å². The summed E-state index contributed by atoms with van der Waals surface area (Å²) in [4.78, 5) is 0. The van der Waals surface area contributed by atoms with E-state index in [4.69, 9.17) is 5.73 Å². The van der Waals surface area contributed by atoms with Crippen LogP contribution in [0.5, 0.6) is 0 Å². The minimum Gasteiger partial charge on any atom is -0.330 e. The first-order chi connectivity index (χ1) is 8.93. The van der Waals surface area contributed by atoms with Gasteiger partial charge in [0.15, 0.2) is 0 Å². The number of nitrogens with one attached hydrogen (secondary N) is 1. The van der Waals surface area contributed by atoms with Crippen LogP contribution in [-0.4, -0.2) is 13.1 Å². The number of benzene rings is 1. The van der Waals surface area contributed by atoms with Crippen LogP contribution < -0.4 is 11.1 Å². The third-order valence-corrected chi connectivity index (χ3v) is 3.42. The van der Waals surface area contributed by atoms with E-state index in [1.165, 1.54) is 11.1 Å². The first-order valence-corrected chi connectivity index (χ1v) is 7.41. The third-order valence-electron chi connectivity index (χ3n) is 3.42. The zero-order chi connectivity index (χ0) is 14.3. The molecule has 0 fully saturated rings. The lowest BCUT2D eigenvalue weighted by Crippen LogP contribution is -2.30. The van der Waals surface area contributed by atoms with E-state index in [1.54, 1.807) is 0 Å². The maximum Gasteiger partial charge on any atom is 0.0205 e. The highest BCUT2D eigenvalue weighted by atomic mass is 14.9. The number of nitrogens with two attached hydrogens (primary N) is 1. The van der Waals surface area contributed by atoms with E-state index in [9.17, 15) is 0 Å². The molecule has 1 rings (SSSR count). The number of hydrogen-bond donors (Lipinski definition) is 2. The maximum absolute atomic E-state index is 5.63. The van der Waals surface area contributed by atoms with Crippen molar-refractivity contribution in [2.24, 2.45) is 17.1 Å². The molecule has 0 atom stereocenters. The van der Waals surface area contributed by atoms with Gasteiger partial charge in [-0.15, -0.1) is 0 Å². The van der Waals surface area contributed by atoms with Gasteiger partial charge in [-0.05, 0) is 41.8 Å². The monoisotopic (exact) mass is 262 g/mol. The highest BCUT2D eigenvalue weighted by Crippen LogP contribution is 2.18. The molecule has 2 nitrogen and oxygen atoms in total. The molecule has 0 saturated heterocycles. The summed E-state index contributed by atoms with van der Waals surface area (Å²) < 4.78 is 0. The fraction of sp³-hybridized carbons (Fsp3) is 0.647. The van der Waals surface area contributed by atoms with E-state index >= 15 is 0 Å². The Kier molecular flexibility index (Phi) is 6.53. The van der Waals surface area contributed by atoms with E-state index in [2.05, 4.69) is 57.3 Å². The van der Waals surface area contributed by atoms with Gasteiger partial charge in [-0.2, -0.15) is 0 Å². The summed E-state index contributed by atoms with van der Waals surface area (Å²) in [6.45, 7) is 11.8. The Morgan fingerprint density at radius 2 is 1.68 bits per heavy atom. The van der Waals surface area contributed by atoms with Gasteiger partial charge in [0.05, 0.1) is 0 Å². The normalized spacial score (nSPS) is 12.1. The van der Waals surface area contributed by atoms with Crippen LogP contribution in [0.3, 0.4) is 0 Å². The zero-order valence-electron chi connectivity index (χ0n) is 13.0. The summed E-state index contributed by atoms with van der Waals surface area (Å²) in [6, 6.07) is 8.98. The molecular weight excluding hydrogens is 232 g/mol. The van der Waals surface area contributed by atoms with Crippen molar-refractivity contribution >= 4 is 0 Å². The molecule has 2 heteroatoms. The van der Waals surface area contributed by atoms with E-state index in [1.807, 2.05) is 0 Å². The highest BCUT2D eigenvalue weighted by Gasteiger charge is 2.15. The lowest BCUT2D eigenvalue weighted by molar-refractivity contribution is 0.319. The fourth-order valence-corrected chi connectivity index (χ4v) is 2.29. The molecule has 0 unspecified atom stereocenters. The second-order valence-corrected chi connectivity index (χ2v) is 6.72. The van der Waals surface area contributed by atoms with Crippen LogP contribution in [0, 0.1) is 11.3 Å². The zero-order valence-corrected chi connectivity index (χ0v) is 13.0. The SMILES string of the molecule is CC(C)Cc1ccc(CNCC(C)(C)CCN)cc1. The molecule has 0 aliphatic carbocycles. The average molecular weight is 262 g/mol.